The number of hydrogen-bond donors (Lipinski definition) is 0. The maximum absolute atomic E-state index is 3.85. The van der Waals surface area contributed by atoms with E-state index in [-0.39, 0.29) is 0 Å². The Morgan fingerprint density at radius 2 is 1.67 bits per heavy atom. The molecule has 0 aromatic carbocycles. The van der Waals surface area contributed by atoms with Gasteiger partial charge in [0, 0.05) is 6.42 Å². The first kappa shape index (κ1) is 26.2. The first-order valence-corrected chi connectivity index (χ1v) is 11.5. The van der Waals surface area contributed by atoms with Crippen molar-refractivity contribution >= 4 is 0 Å². The van der Waals surface area contributed by atoms with Crippen LogP contribution >= 0.6 is 0 Å². The highest BCUT2D eigenvalue weighted by molar-refractivity contribution is 5.06. The molecule has 0 bridgehead atoms. The zero-order valence-electron chi connectivity index (χ0n) is 19.9. The molecule has 158 valence electrons. The molecule has 0 aliphatic rings. The summed E-state index contributed by atoms with van der Waals surface area (Å²) in [5.74, 6) is 2.16. The van der Waals surface area contributed by atoms with Gasteiger partial charge in [0.2, 0.25) is 0 Å². The molecule has 0 radical (unpaired) electrons. The Hall–Kier alpha value is -0.820. The third-order valence-electron chi connectivity index (χ3n) is 6.53. The van der Waals surface area contributed by atoms with E-state index in [1.165, 1.54) is 44.9 Å². The van der Waals surface area contributed by atoms with Crippen LogP contribution < -0.4 is 0 Å². The smallest absolute Gasteiger partial charge is 0.111 e. The van der Waals surface area contributed by atoms with E-state index < -0.39 is 0 Å². The van der Waals surface area contributed by atoms with Crippen molar-refractivity contribution in [3.63, 3.8) is 0 Å². The molecular weight excluding hydrogens is 326 g/mol. The molecule has 1 heteroatoms. The maximum atomic E-state index is 3.85. The van der Waals surface area contributed by atoms with Gasteiger partial charge in [0.05, 0.1) is 20.3 Å². The molecule has 0 saturated carbocycles. The molecule has 0 aromatic rings. The van der Waals surface area contributed by atoms with Crippen molar-refractivity contribution in [1.29, 1.82) is 0 Å². The van der Waals surface area contributed by atoms with Crippen molar-refractivity contribution in [2.75, 3.05) is 14.1 Å². The van der Waals surface area contributed by atoms with Crippen LogP contribution in [0.3, 0.4) is 0 Å². The van der Waals surface area contributed by atoms with E-state index in [1.807, 2.05) is 0 Å². The first-order valence-electron chi connectivity index (χ1n) is 11.5. The fraction of sp³-hybridized carbons (Fsp3) is 0.769. The van der Waals surface area contributed by atoms with Crippen molar-refractivity contribution < 1.29 is 4.48 Å². The summed E-state index contributed by atoms with van der Waals surface area (Å²) in [6, 6.07) is 0.555. The minimum Gasteiger partial charge on any atom is -0.297 e. The van der Waals surface area contributed by atoms with Crippen LogP contribution in [0.2, 0.25) is 0 Å². The van der Waals surface area contributed by atoms with Crippen molar-refractivity contribution in [3.8, 4) is 0 Å². The second-order valence-corrected chi connectivity index (χ2v) is 9.15. The Balaban J connectivity index is 5.06. The van der Waals surface area contributed by atoms with Gasteiger partial charge < -0.3 is 0 Å². The summed E-state index contributed by atoms with van der Waals surface area (Å²) in [7, 11) is 4.72. The predicted octanol–water partition coefficient (Wildman–Crippen LogP) is 8.15. The normalized spacial score (nSPS) is 17.7. The third kappa shape index (κ3) is 10.3. The Kier molecular flexibility index (Phi) is 13.8. The van der Waals surface area contributed by atoms with Crippen molar-refractivity contribution in [2.24, 2.45) is 17.8 Å². The van der Waals surface area contributed by atoms with E-state index in [0.717, 1.165) is 16.8 Å². The highest BCUT2D eigenvalue weighted by Crippen LogP contribution is 2.27. The molecule has 0 saturated heterocycles. The zero-order valence-corrected chi connectivity index (χ0v) is 19.9. The molecule has 27 heavy (non-hydrogen) atoms. The summed E-state index contributed by atoms with van der Waals surface area (Å²) in [4.78, 5) is 0. The zero-order chi connectivity index (χ0) is 20.9. The van der Waals surface area contributed by atoms with Gasteiger partial charge in [0.15, 0.2) is 0 Å². The van der Waals surface area contributed by atoms with Gasteiger partial charge in [-0.2, -0.15) is 0 Å². The summed E-state index contributed by atoms with van der Waals surface area (Å²) < 4.78 is 0.948. The van der Waals surface area contributed by atoms with Gasteiger partial charge >= 0.3 is 0 Å². The van der Waals surface area contributed by atoms with Gasteiger partial charge in [-0.15, -0.1) is 6.58 Å². The molecule has 0 spiro atoms. The van der Waals surface area contributed by atoms with E-state index >= 15 is 0 Å². The van der Waals surface area contributed by atoms with Crippen LogP contribution in [0.4, 0.5) is 0 Å². The van der Waals surface area contributed by atoms with Gasteiger partial charge in [0.1, 0.15) is 6.04 Å². The summed E-state index contributed by atoms with van der Waals surface area (Å²) in [6.45, 7) is 17.9. The number of rotatable bonds is 15. The molecule has 0 aromatic heterocycles. The lowest BCUT2D eigenvalue weighted by molar-refractivity contribution is -0.858. The SMILES string of the molecule is C=CCCCCC(CCC)C(C)C=C[N+](C)(C)C(C=C(C)C(C)CC)CC. The van der Waals surface area contributed by atoms with E-state index in [4.69, 9.17) is 0 Å². The largest absolute Gasteiger partial charge is 0.297 e. The van der Waals surface area contributed by atoms with Gasteiger partial charge in [-0.25, -0.2) is 0 Å². The summed E-state index contributed by atoms with van der Waals surface area (Å²) >= 11 is 0. The van der Waals surface area contributed by atoms with Gasteiger partial charge in [-0.05, 0) is 62.5 Å². The molecule has 0 aliphatic heterocycles. The second-order valence-electron chi connectivity index (χ2n) is 9.15. The number of quaternary nitrogens is 1. The van der Waals surface area contributed by atoms with E-state index in [2.05, 4.69) is 86.6 Å². The third-order valence-corrected chi connectivity index (χ3v) is 6.53. The van der Waals surface area contributed by atoms with Crippen molar-refractivity contribution in [3.05, 3.63) is 36.6 Å². The fourth-order valence-corrected chi connectivity index (χ4v) is 3.93. The van der Waals surface area contributed by atoms with Crippen molar-refractivity contribution in [2.45, 2.75) is 99.0 Å². The lowest BCUT2D eigenvalue weighted by atomic mass is 9.85. The Labute approximate surface area is 172 Å². The molecule has 4 atom stereocenters. The standard InChI is InChI=1S/C26H50N/c1-10-14-15-16-18-25(17-11-2)23(6)19-20-27(8,9)26(13-4)21-24(7)22(5)12-3/h10,19-23,25-26H,1,11-18H2,2-9H3/q+1. The Bertz CT molecular complexity index is 443. The van der Waals surface area contributed by atoms with E-state index in [1.54, 1.807) is 5.57 Å². The minimum atomic E-state index is 0.555. The number of hydrogen-bond acceptors (Lipinski definition) is 0. The molecular formula is C26H50N+. The summed E-state index contributed by atoms with van der Waals surface area (Å²) in [5, 5.41) is 0. The lowest BCUT2D eigenvalue weighted by Crippen LogP contribution is -2.43. The minimum absolute atomic E-state index is 0.555. The fourth-order valence-electron chi connectivity index (χ4n) is 3.93. The molecule has 0 fully saturated rings. The average Bonchev–Trinajstić information content (AvgIpc) is 2.65. The second kappa shape index (κ2) is 14.2. The van der Waals surface area contributed by atoms with Crippen LogP contribution in [0.5, 0.6) is 0 Å². The molecule has 0 N–H and O–H groups in total. The lowest BCUT2D eigenvalue weighted by Gasteiger charge is -2.34. The topological polar surface area (TPSA) is 0 Å². The maximum Gasteiger partial charge on any atom is 0.111 e. The van der Waals surface area contributed by atoms with Crippen LogP contribution in [0, 0.1) is 17.8 Å². The molecule has 0 amide bonds. The first-order chi connectivity index (χ1) is 12.7. The highest BCUT2D eigenvalue weighted by Gasteiger charge is 2.24. The van der Waals surface area contributed by atoms with Gasteiger partial charge in [-0.1, -0.05) is 65.5 Å². The summed E-state index contributed by atoms with van der Waals surface area (Å²) in [5.41, 5.74) is 1.54. The number of likely N-dealkylation sites (N-methyl/N-ethyl adjacent to an activating group) is 1. The van der Waals surface area contributed by atoms with E-state index in [0.29, 0.717) is 17.9 Å². The monoisotopic (exact) mass is 376 g/mol. The number of allylic oxidation sites excluding steroid dienone is 3. The van der Waals surface area contributed by atoms with Crippen LogP contribution in [-0.2, 0) is 0 Å². The molecule has 0 rings (SSSR count). The highest BCUT2D eigenvalue weighted by atomic mass is 15.3. The predicted molar refractivity (Wildman–Crippen MR) is 125 cm³/mol. The van der Waals surface area contributed by atoms with Crippen LogP contribution in [-0.4, -0.2) is 24.6 Å². The molecule has 4 unspecified atom stereocenters. The quantitative estimate of drug-likeness (QED) is 0.154. The average molecular weight is 377 g/mol. The molecule has 1 nitrogen and oxygen atoms in total. The van der Waals surface area contributed by atoms with E-state index in [9.17, 15) is 0 Å². The van der Waals surface area contributed by atoms with Crippen LogP contribution in [0.1, 0.15) is 92.9 Å². The van der Waals surface area contributed by atoms with Gasteiger partial charge in [0.25, 0.3) is 0 Å². The summed E-state index contributed by atoms with van der Waals surface area (Å²) in [6.07, 6.45) is 19.7. The van der Waals surface area contributed by atoms with Crippen LogP contribution in [0.25, 0.3) is 0 Å². The van der Waals surface area contributed by atoms with Crippen molar-refractivity contribution in [1.82, 2.24) is 0 Å². The van der Waals surface area contributed by atoms with Gasteiger partial charge in [-0.3, -0.25) is 4.48 Å². The Morgan fingerprint density at radius 1 is 1.00 bits per heavy atom. The number of unbranched alkanes of at least 4 members (excludes halogenated alkanes) is 2. The molecule has 0 heterocycles. The van der Waals surface area contributed by atoms with Crippen LogP contribution in [0.15, 0.2) is 36.6 Å². The Morgan fingerprint density at radius 3 is 2.19 bits per heavy atom. The number of nitrogens with zero attached hydrogens (tertiary/aromatic N) is 1. The molecule has 0 aliphatic carbocycles.